The first kappa shape index (κ1) is 14.6. The Balaban J connectivity index is 2.28. The Morgan fingerprint density at radius 1 is 1.53 bits per heavy atom. The minimum atomic E-state index is -0.238. The fraction of sp³-hybridized carbons (Fsp3) is 0.769. The average Bonchev–Trinajstić information content (AvgIpc) is 2.37. The number of carbonyl (C=O) groups excluding carboxylic acids is 1. The summed E-state index contributed by atoms with van der Waals surface area (Å²) < 4.78 is 4.65. The summed E-state index contributed by atoms with van der Waals surface area (Å²) in [6.07, 6.45) is 9.25. The molecule has 98 valence electrons. The van der Waals surface area contributed by atoms with Gasteiger partial charge in [0.05, 0.1) is 7.11 Å². The molecule has 0 aromatic carbocycles. The third-order valence-electron chi connectivity index (χ3n) is 3.28. The molecule has 1 fully saturated rings. The number of carbonyl (C=O) groups is 1. The molecule has 0 radical (unpaired) electrons. The molecule has 2 unspecified atom stereocenters. The van der Waals surface area contributed by atoms with Gasteiger partial charge in [0.1, 0.15) is 0 Å². The number of thioether (sulfide) groups is 1. The fourth-order valence-electron chi connectivity index (χ4n) is 2.17. The lowest BCUT2D eigenvalue weighted by atomic mass is 9.95. The zero-order valence-electron chi connectivity index (χ0n) is 11.0. The van der Waals surface area contributed by atoms with Crippen molar-refractivity contribution in [2.24, 2.45) is 0 Å². The highest BCUT2D eigenvalue weighted by Crippen LogP contribution is 2.26. The van der Waals surface area contributed by atoms with Gasteiger partial charge in [-0.3, -0.25) is 0 Å². The van der Waals surface area contributed by atoms with E-state index in [0.717, 1.165) is 11.8 Å². The van der Waals surface area contributed by atoms with E-state index in [0.29, 0.717) is 11.6 Å². The van der Waals surface area contributed by atoms with Crippen LogP contribution in [-0.4, -0.2) is 37.2 Å². The van der Waals surface area contributed by atoms with Crippen molar-refractivity contribution in [2.75, 3.05) is 19.9 Å². The van der Waals surface area contributed by atoms with E-state index in [2.05, 4.69) is 16.3 Å². The van der Waals surface area contributed by atoms with Gasteiger partial charge in [-0.1, -0.05) is 12.5 Å². The standard InChI is InChI=1S/C13H23NO2S/c1-10(13(15)16-2)7-8-14-11-5-4-6-12(9-11)17-3/h7,11-12,14H,4-6,8-9H2,1-3H3. The largest absolute Gasteiger partial charge is 0.466 e. The smallest absolute Gasteiger partial charge is 0.333 e. The molecule has 1 saturated carbocycles. The normalized spacial score (nSPS) is 25.7. The zero-order chi connectivity index (χ0) is 12.7. The van der Waals surface area contributed by atoms with Gasteiger partial charge in [-0.15, -0.1) is 0 Å². The molecule has 1 rings (SSSR count). The van der Waals surface area contributed by atoms with Crippen LogP contribution in [0, 0.1) is 0 Å². The number of hydrogen-bond donors (Lipinski definition) is 1. The van der Waals surface area contributed by atoms with E-state index < -0.39 is 0 Å². The summed E-state index contributed by atoms with van der Waals surface area (Å²) in [5.41, 5.74) is 0.678. The van der Waals surface area contributed by atoms with Crippen molar-refractivity contribution >= 4 is 17.7 Å². The Morgan fingerprint density at radius 2 is 2.29 bits per heavy atom. The molecule has 1 N–H and O–H groups in total. The van der Waals surface area contributed by atoms with Gasteiger partial charge < -0.3 is 10.1 Å². The van der Waals surface area contributed by atoms with Crippen LogP contribution in [-0.2, 0) is 9.53 Å². The van der Waals surface area contributed by atoms with Gasteiger partial charge in [0.2, 0.25) is 0 Å². The molecule has 2 atom stereocenters. The highest BCUT2D eigenvalue weighted by atomic mass is 32.2. The van der Waals surface area contributed by atoms with E-state index >= 15 is 0 Å². The third-order valence-corrected chi connectivity index (χ3v) is 4.38. The number of methoxy groups -OCH3 is 1. The van der Waals surface area contributed by atoms with Crippen LogP contribution < -0.4 is 5.32 Å². The summed E-state index contributed by atoms with van der Waals surface area (Å²) in [6.45, 7) is 2.55. The second-order valence-corrected chi connectivity index (χ2v) is 5.65. The second kappa shape index (κ2) is 7.77. The van der Waals surface area contributed by atoms with Gasteiger partial charge in [-0.05, 0) is 32.4 Å². The lowest BCUT2D eigenvalue weighted by molar-refractivity contribution is -0.136. The minimum absolute atomic E-state index is 0.238. The van der Waals surface area contributed by atoms with E-state index in [1.807, 2.05) is 17.8 Å². The van der Waals surface area contributed by atoms with Gasteiger partial charge >= 0.3 is 5.97 Å². The predicted molar refractivity (Wildman–Crippen MR) is 73.3 cm³/mol. The molecule has 0 bridgehead atoms. The molecular weight excluding hydrogens is 234 g/mol. The number of ether oxygens (including phenoxy) is 1. The topological polar surface area (TPSA) is 38.3 Å². The summed E-state index contributed by atoms with van der Waals surface area (Å²) in [7, 11) is 1.41. The van der Waals surface area contributed by atoms with Crippen molar-refractivity contribution in [1.82, 2.24) is 5.32 Å². The van der Waals surface area contributed by atoms with E-state index in [1.165, 1.54) is 32.8 Å². The molecule has 0 heterocycles. The Labute approximate surface area is 108 Å². The number of esters is 1. The summed E-state index contributed by atoms with van der Waals surface area (Å²) in [5.74, 6) is -0.238. The molecule has 3 nitrogen and oxygen atoms in total. The molecule has 0 aromatic rings. The SMILES string of the molecule is COC(=O)C(C)=CCNC1CCCC(SC)C1. The Hall–Kier alpha value is -0.480. The summed E-state index contributed by atoms with van der Waals surface area (Å²) >= 11 is 1.97. The summed E-state index contributed by atoms with van der Waals surface area (Å²) in [6, 6.07) is 0.600. The highest BCUT2D eigenvalue weighted by Gasteiger charge is 2.20. The highest BCUT2D eigenvalue weighted by molar-refractivity contribution is 7.99. The molecule has 1 aliphatic carbocycles. The fourth-order valence-corrected chi connectivity index (χ4v) is 2.99. The van der Waals surface area contributed by atoms with E-state index in [1.54, 1.807) is 6.92 Å². The van der Waals surface area contributed by atoms with Crippen molar-refractivity contribution in [2.45, 2.75) is 43.9 Å². The number of nitrogens with one attached hydrogen (secondary N) is 1. The zero-order valence-corrected chi connectivity index (χ0v) is 11.8. The van der Waals surface area contributed by atoms with Crippen LogP contribution in [0.25, 0.3) is 0 Å². The van der Waals surface area contributed by atoms with Crippen LogP contribution >= 0.6 is 11.8 Å². The summed E-state index contributed by atoms with van der Waals surface area (Å²) in [5, 5.41) is 4.30. The molecular formula is C13H23NO2S. The van der Waals surface area contributed by atoms with E-state index in [4.69, 9.17) is 0 Å². The van der Waals surface area contributed by atoms with Gasteiger partial charge in [-0.2, -0.15) is 11.8 Å². The van der Waals surface area contributed by atoms with Gasteiger partial charge in [-0.25, -0.2) is 4.79 Å². The van der Waals surface area contributed by atoms with Crippen LogP contribution in [0.2, 0.25) is 0 Å². The van der Waals surface area contributed by atoms with Crippen LogP contribution in [0.3, 0.4) is 0 Å². The second-order valence-electron chi connectivity index (χ2n) is 4.51. The van der Waals surface area contributed by atoms with Crippen LogP contribution in [0.15, 0.2) is 11.6 Å². The first-order valence-corrected chi connectivity index (χ1v) is 7.47. The number of rotatable bonds is 5. The minimum Gasteiger partial charge on any atom is -0.466 e. The maximum atomic E-state index is 11.2. The van der Waals surface area contributed by atoms with E-state index in [9.17, 15) is 4.79 Å². The molecule has 0 saturated heterocycles. The van der Waals surface area contributed by atoms with Crippen molar-refractivity contribution in [3.05, 3.63) is 11.6 Å². The summed E-state index contributed by atoms with van der Waals surface area (Å²) in [4.78, 5) is 11.2. The number of hydrogen-bond acceptors (Lipinski definition) is 4. The molecule has 0 spiro atoms. The third kappa shape index (κ3) is 5.13. The predicted octanol–water partition coefficient (Wildman–Crippen LogP) is 2.37. The molecule has 17 heavy (non-hydrogen) atoms. The Morgan fingerprint density at radius 3 is 2.94 bits per heavy atom. The molecule has 0 aromatic heterocycles. The van der Waals surface area contributed by atoms with Crippen molar-refractivity contribution < 1.29 is 9.53 Å². The van der Waals surface area contributed by atoms with Crippen molar-refractivity contribution in [1.29, 1.82) is 0 Å². The van der Waals surface area contributed by atoms with E-state index in [-0.39, 0.29) is 5.97 Å². The quantitative estimate of drug-likeness (QED) is 0.606. The van der Waals surface area contributed by atoms with Crippen LogP contribution in [0.4, 0.5) is 0 Å². The Bertz CT molecular complexity index is 279. The van der Waals surface area contributed by atoms with Gasteiger partial charge in [0.15, 0.2) is 0 Å². The first-order chi connectivity index (χ1) is 8.17. The van der Waals surface area contributed by atoms with Crippen LogP contribution in [0.5, 0.6) is 0 Å². The molecule has 4 heteroatoms. The van der Waals surface area contributed by atoms with Crippen LogP contribution in [0.1, 0.15) is 32.6 Å². The molecule has 1 aliphatic rings. The van der Waals surface area contributed by atoms with Crippen molar-refractivity contribution in [3.63, 3.8) is 0 Å². The molecule has 0 aliphatic heterocycles. The van der Waals surface area contributed by atoms with Crippen molar-refractivity contribution in [3.8, 4) is 0 Å². The Kier molecular flexibility index (Phi) is 6.66. The van der Waals surface area contributed by atoms with Gasteiger partial charge in [0, 0.05) is 23.4 Å². The monoisotopic (exact) mass is 257 g/mol. The average molecular weight is 257 g/mol. The maximum Gasteiger partial charge on any atom is 0.333 e. The first-order valence-electron chi connectivity index (χ1n) is 6.18. The lowest BCUT2D eigenvalue weighted by Gasteiger charge is -2.28. The maximum absolute atomic E-state index is 11.2. The molecule has 0 amide bonds. The van der Waals surface area contributed by atoms with Gasteiger partial charge in [0.25, 0.3) is 0 Å². The lowest BCUT2D eigenvalue weighted by Crippen LogP contribution is -2.35.